The molecule has 16 heavy (non-hydrogen) atoms. The lowest BCUT2D eigenvalue weighted by Gasteiger charge is -2.26. The van der Waals surface area contributed by atoms with Crippen LogP contribution in [0, 0.1) is 11.3 Å². The molecule has 0 aromatic carbocycles. The molecule has 0 radical (unpaired) electrons. The maximum Gasteiger partial charge on any atom is -0.000804 e. The molecule has 0 rings (SSSR count). The highest BCUT2D eigenvalue weighted by Crippen LogP contribution is 2.28. The van der Waals surface area contributed by atoms with E-state index in [1.54, 1.807) is 0 Å². The van der Waals surface area contributed by atoms with Crippen LogP contribution in [0.3, 0.4) is 0 Å². The Hall–Kier alpha value is -0.820. The first-order valence-electron chi connectivity index (χ1n) is 6.10. The van der Waals surface area contributed by atoms with Crippen LogP contribution < -0.4 is 5.73 Å². The van der Waals surface area contributed by atoms with Crippen molar-refractivity contribution in [2.45, 2.75) is 41.0 Å². The highest BCUT2D eigenvalue weighted by molar-refractivity contribution is 5.26. The van der Waals surface area contributed by atoms with Gasteiger partial charge in [0.25, 0.3) is 0 Å². The first-order valence-corrected chi connectivity index (χ1v) is 6.10. The number of hydrogen-bond acceptors (Lipinski definition) is 1. The van der Waals surface area contributed by atoms with Crippen LogP contribution in [0.2, 0.25) is 0 Å². The molecule has 0 aliphatic carbocycles. The fourth-order valence-corrected chi connectivity index (χ4v) is 1.80. The van der Waals surface area contributed by atoms with E-state index < -0.39 is 0 Å². The largest absolute Gasteiger partial charge is 0.330 e. The molecule has 1 unspecified atom stereocenters. The van der Waals surface area contributed by atoms with E-state index in [2.05, 4.69) is 45.1 Å². The van der Waals surface area contributed by atoms with E-state index in [1.807, 2.05) is 19.9 Å². The summed E-state index contributed by atoms with van der Waals surface area (Å²) in [5, 5.41) is 0. The third-order valence-electron chi connectivity index (χ3n) is 2.45. The van der Waals surface area contributed by atoms with Gasteiger partial charge >= 0.3 is 0 Å². The molecule has 1 nitrogen and oxygen atoms in total. The van der Waals surface area contributed by atoms with Crippen molar-refractivity contribution in [1.82, 2.24) is 0 Å². The highest BCUT2D eigenvalue weighted by atomic mass is 14.6. The summed E-state index contributed by atoms with van der Waals surface area (Å²) >= 11 is 0. The Bertz CT molecular complexity index is 264. The van der Waals surface area contributed by atoms with Gasteiger partial charge in [0.05, 0.1) is 0 Å². The Labute approximate surface area is 101 Å². The molecule has 0 aromatic rings. The lowest BCUT2D eigenvalue weighted by molar-refractivity contribution is 0.323. The van der Waals surface area contributed by atoms with E-state index in [0.717, 1.165) is 6.42 Å². The van der Waals surface area contributed by atoms with Gasteiger partial charge in [-0.2, -0.15) is 0 Å². The smallest absolute Gasteiger partial charge is 0.000804 e. The van der Waals surface area contributed by atoms with E-state index in [1.165, 1.54) is 5.57 Å². The fraction of sp³-hybridized carbons (Fsp3) is 0.600. The van der Waals surface area contributed by atoms with Crippen molar-refractivity contribution in [3.8, 4) is 0 Å². The molecule has 2 N–H and O–H groups in total. The van der Waals surface area contributed by atoms with Gasteiger partial charge in [0.15, 0.2) is 0 Å². The summed E-state index contributed by atoms with van der Waals surface area (Å²) in [6, 6.07) is 0. The van der Waals surface area contributed by atoms with Crippen molar-refractivity contribution in [2.75, 3.05) is 6.54 Å². The van der Waals surface area contributed by atoms with E-state index in [9.17, 15) is 0 Å². The van der Waals surface area contributed by atoms with Gasteiger partial charge in [-0.25, -0.2) is 0 Å². The van der Waals surface area contributed by atoms with Crippen LogP contribution in [0.25, 0.3) is 0 Å². The van der Waals surface area contributed by atoms with Gasteiger partial charge in [-0.15, -0.1) is 0 Å². The molecule has 0 fully saturated rings. The maximum atomic E-state index is 5.88. The summed E-state index contributed by atoms with van der Waals surface area (Å²) < 4.78 is 0. The van der Waals surface area contributed by atoms with Crippen LogP contribution >= 0.6 is 0 Å². The van der Waals surface area contributed by atoms with Crippen molar-refractivity contribution in [3.63, 3.8) is 0 Å². The van der Waals surface area contributed by atoms with Crippen LogP contribution in [0.1, 0.15) is 41.0 Å². The van der Waals surface area contributed by atoms with Gasteiger partial charge in [0, 0.05) is 0 Å². The SMILES string of the molecule is C\C=C/C=C(\C=C/C)C(CN)CC(C)(C)C. The van der Waals surface area contributed by atoms with Crippen molar-refractivity contribution < 1.29 is 0 Å². The average molecular weight is 221 g/mol. The normalized spacial score (nSPS) is 16.2. The number of nitrogens with two attached hydrogens (primary N) is 1. The zero-order valence-electron chi connectivity index (χ0n) is 11.5. The Morgan fingerprint density at radius 1 is 1.19 bits per heavy atom. The molecule has 0 bridgehead atoms. The summed E-state index contributed by atoms with van der Waals surface area (Å²) in [4.78, 5) is 0. The third kappa shape index (κ3) is 6.62. The Morgan fingerprint density at radius 3 is 2.19 bits per heavy atom. The van der Waals surface area contributed by atoms with Crippen LogP contribution in [0.15, 0.2) is 36.0 Å². The van der Waals surface area contributed by atoms with E-state index >= 15 is 0 Å². The van der Waals surface area contributed by atoms with Crippen LogP contribution in [-0.4, -0.2) is 6.54 Å². The number of hydrogen-bond donors (Lipinski definition) is 1. The quantitative estimate of drug-likeness (QED) is 0.696. The Kier molecular flexibility index (Phi) is 7.07. The third-order valence-corrected chi connectivity index (χ3v) is 2.45. The first kappa shape index (κ1) is 15.2. The zero-order chi connectivity index (χ0) is 12.6. The highest BCUT2D eigenvalue weighted by Gasteiger charge is 2.19. The summed E-state index contributed by atoms with van der Waals surface area (Å²) in [7, 11) is 0. The zero-order valence-corrected chi connectivity index (χ0v) is 11.5. The molecule has 0 saturated heterocycles. The second kappa shape index (κ2) is 7.45. The number of allylic oxidation sites excluding steroid dienone is 5. The van der Waals surface area contributed by atoms with Crippen molar-refractivity contribution in [3.05, 3.63) is 36.0 Å². The van der Waals surface area contributed by atoms with Crippen molar-refractivity contribution in [2.24, 2.45) is 17.1 Å². The molecule has 92 valence electrons. The first-order chi connectivity index (χ1) is 7.44. The lowest BCUT2D eigenvalue weighted by Crippen LogP contribution is -2.22. The molecule has 0 aromatic heterocycles. The summed E-state index contributed by atoms with van der Waals surface area (Å²) in [5.41, 5.74) is 7.54. The van der Waals surface area contributed by atoms with Gasteiger partial charge in [0.2, 0.25) is 0 Å². The summed E-state index contributed by atoms with van der Waals surface area (Å²) in [6.45, 7) is 11.6. The molecular formula is C15H27N. The molecule has 1 atom stereocenters. The Balaban J connectivity index is 4.85. The van der Waals surface area contributed by atoms with Gasteiger partial charge < -0.3 is 5.73 Å². The lowest BCUT2D eigenvalue weighted by atomic mass is 9.81. The van der Waals surface area contributed by atoms with Crippen LogP contribution in [0.5, 0.6) is 0 Å². The molecule has 0 aliphatic rings. The minimum atomic E-state index is 0.320. The molecular weight excluding hydrogens is 194 g/mol. The van der Waals surface area contributed by atoms with Gasteiger partial charge in [-0.3, -0.25) is 0 Å². The fourth-order valence-electron chi connectivity index (χ4n) is 1.80. The summed E-state index contributed by atoms with van der Waals surface area (Å²) in [6.07, 6.45) is 11.7. The van der Waals surface area contributed by atoms with Crippen molar-refractivity contribution >= 4 is 0 Å². The van der Waals surface area contributed by atoms with Gasteiger partial charge in [-0.05, 0) is 43.7 Å². The van der Waals surface area contributed by atoms with Crippen LogP contribution in [0.4, 0.5) is 0 Å². The molecule has 0 heterocycles. The monoisotopic (exact) mass is 221 g/mol. The predicted molar refractivity (Wildman–Crippen MR) is 74.3 cm³/mol. The molecule has 0 amide bonds. The minimum Gasteiger partial charge on any atom is -0.330 e. The standard InChI is InChI=1S/C15H27N/c1-6-8-10-13(9-7-2)14(12-16)11-15(3,4)5/h6-10,14H,11-12,16H2,1-5H3/b8-6-,9-7-,13-10+. The van der Waals surface area contributed by atoms with E-state index in [0.29, 0.717) is 17.9 Å². The molecule has 0 saturated carbocycles. The average Bonchev–Trinajstić information content (AvgIpc) is 2.19. The van der Waals surface area contributed by atoms with Gasteiger partial charge in [-0.1, -0.05) is 51.2 Å². The van der Waals surface area contributed by atoms with E-state index in [-0.39, 0.29) is 0 Å². The maximum absolute atomic E-state index is 5.88. The minimum absolute atomic E-state index is 0.320. The molecule has 0 spiro atoms. The van der Waals surface area contributed by atoms with Gasteiger partial charge in [0.1, 0.15) is 0 Å². The Morgan fingerprint density at radius 2 is 1.81 bits per heavy atom. The topological polar surface area (TPSA) is 26.0 Å². The van der Waals surface area contributed by atoms with E-state index in [4.69, 9.17) is 5.73 Å². The second-order valence-corrected chi connectivity index (χ2v) is 5.39. The number of rotatable bonds is 5. The second-order valence-electron chi connectivity index (χ2n) is 5.39. The predicted octanol–water partition coefficient (Wildman–Crippen LogP) is 4.08. The molecule has 0 aliphatic heterocycles. The van der Waals surface area contributed by atoms with Crippen molar-refractivity contribution in [1.29, 1.82) is 0 Å². The summed E-state index contributed by atoms with van der Waals surface area (Å²) in [5.74, 6) is 0.451. The molecule has 1 heteroatoms. The van der Waals surface area contributed by atoms with Crippen LogP contribution in [-0.2, 0) is 0 Å².